The van der Waals surface area contributed by atoms with Crippen molar-refractivity contribution in [1.82, 2.24) is 14.5 Å². The fourth-order valence-electron chi connectivity index (χ4n) is 3.89. The number of rotatable bonds is 5. The van der Waals surface area contributed by atoms with Gasteiger partial charge in [0, 0.05) is 32.2 Å². The normalized spacial score (nSPS) is 25.3. The van der Waals surface area contributed by atoms with Crippen molar-refractivity contribution in [3.05, 3.63) is 30.1 Å². The van der Waals surface area contributed by atoms with Crippen molar-refractivity contribution in [3.8, 4) is 0 Å². The molecule has 1 aromatic carbocycles. The van der Waals surface area contributed by atoms with Crippen molar-refractivity contribution in [1.29, 1.82) is 0 Å². The Hall–Kier alpha value is -1.51. The Morgan fingerprint density at radius 3 is 2.56 bits per heavy atom. The number of carbonyl (C=O) groups excluding carboxylic acids is 1. The van der Waals surface area contributed by atoms with Crippen molar-refractivity contribution in [2.75, 3.05) is 32.7 Å². The minimum absolute atomic E-state index is 0.00943. The minimum atomic E-state index is -3.70. The molecule has 2 fully saturated rings. The third-order valence-corrected chi connectivity index (χ3v) is 7.48. The Morgan fingerprint density at radius 2 is 1.89 bits per heavy atom. The molecule has 0 aromatic heterocycles. The number of amides is 1. The predicted molar refractivity (Wildman–Crippen MR) is 101 cm³/mol. The van der Waals surface area contributed by atoms with Crippen LogP contribution in [-0.4, -0.2) is 62.3 Å². The van der Waals surface area contributed by atoms with Gasteiger partial charge in [0.1, 0.15) is 5.82 Å². The van der Waals surface area contributed by atoms with E-state index in [2.05, 4.69) is 12.2 Å². The number of carbonyl (C=O) groups is 1. The Kier molecular flexibility index (Phi) is 6.49. The first-order chi connectivity index (χ1) is 12.9. The van der Waals surface area contributed by atoms with Crippen LogP contribution in [0.4, 0.5) is 4.39 Å². The number of piperazine rings is 1. The van der Waals surface area contributed by atoms with Crippen molar-refractivity contribution in [3.63, 3.8) is 0 Å². The van der Waals surface area contributed by atoms with E-state index in [1.807, 2.05) is 4.90 Å². The highest BCUT2D eigenvalue weighted by molar-refractivity contribution is 7.89. The van der Waals surface area contributed by atoms with Gasteiger partial charge in [-0.15, -0.1) is 0 Å². The monoisotopic (exact) mass is 397 g/mol. The summed E-state index contributed by atoms with van der Waals surface area (Å²) in [5.74, 6) is -0.0468. The van der Waals surface area contributed by atoms with E-state index in [-0.39, 0.29) is 23.4 Å². The van der Waals surface area contributed by atoms with E-state index >= 15 is 0 Å². The van der Waals surface area contributed by atoms with Gasteiger partial charge in [-0.05, 0) is 37.0 Å². The summed E-state index contributed by atoms with van der Waals surface area (Å²) in [5.41, 5.74) is 0. The lowest BCUT2D eigenvalue weighted by Gasteiger charge is -2.34. The molecule has 6 nitrogen and oxygen atoms in total. The van der Waals surface area contributed by atoms with Gasteiger partial charge in [0.25, 0.3) is 0 Å². The third kappa shape index (κ3) is 5.06. The summed E-state index contributed by atoms with van der Waals surface area (Å²) in [7, 11) is -3.70. The summed E-state index contributed by atoms with van der Waals surface area (Å²) in [5, 5.41) is 3.14. The van der Waals surface area contributed by atoms with E-state index in [4.69, 9.17) is 0 Å². The number of sulfonamides is 1. The van der Waals surface area contributed by atoms with Crippen LogP contribution in [0.5, 0.6) is 0 Å². The van der Waals surface area contributed by atoms with Gasteiger partial charge in [0.2, 0.25) is 15.9 Å². The number of nitrogens with zero attached hydrogens (tertiary/aromatic N) is 2. The maximum atomic E-state index is 13.4. The van der Waals surface area contributed by atoms with Gasteiger partial charge >= 0.3 is 0 Å². The molecule has 2 atom stereocenters. The van der Waals surface area contributed by atoms with Crippen molar-refractivity contribution >= 4 is 15.9 Å². The number of hydrogen-bond donors (Lipinski definition) is 1. The van der Waals surface area contributed by atoms with Gasteiger partial charge < -0.3 is 5.32 Å². The van der Waals surface area contributed by atoms with E-state index in [1.54, 1.807) is 0 Å². The molecule has 1 N–H and O–H groups in total. The molecule has 0 radical (unpaired) electrons. The van der Waals surface area contributed by atoms with Gasteiger partial charge in [0.05, 0.1) is 11.4 Å². The first-order valence-electron chi connectivity index (χ1n) is 9.64. The number of hydrogen-bond acceptors (Lipinski definition) is 4. The topological polar surface area (TPSA) is 69.7 Å². The van der Waals surface area contributed by atoms with Gasteiger partial charge in [-0.1, -0.05) is 25.8 Å². The molecule has 1 amide bonds. The highest BCUT2D eigenvalue weighted by Crippen LogP contribution is 2.23. The van der Waals surface area contributed by atoms with Crippen LogP contribution in [0.3, 0.4) is 0 Å². The molecule has 0 bridgehead atoms. The zero-order chi connectivity index (χ0) is 19.4. The Morgan fingerprint density at radius 1 is 1.19 bits per heavy atom. The lowest BCUT2D eigenvalue weighted by atomic mass is 9.86. The molecule has 2 aliphatic rings. The smallest absolute Gasteiger partial charge is 0.243 e. The lowest BCUT2D eigenvalue weighted by Crippen LogP contribution is -2.52. The van der Waals surface area contributed by atoms with Crippen molar-refractivity contribution in [2.24, 2.45) is 5.92 Å². The molecular formula is C19H28FN3O3S. The average molecular weight is 398 g/mol. The molecule has 0 unspecified atom stereocenters. The van der Waals surface area contributed by atoms with Gasteiger partial charge in [-0.2, -0.15) is 4.31 Å². The number of benzene rings is 1. The molecule has 1 saturated heterocycles. The van der Waals surface area contributed by atoms with E-state index in [9.17, 15) is 17.6 Å². The second-order valence-corrected chi connectivity index (χ2v) is 9.51. The van der Waals surface area contributed by atoms with E-state index in [1.165, 1.54) is 28.9 Å². The molecule has 1 heterocycles. The standard InChI is InChI=1S/C19H28FN3O3S/c1-15-5-2-3-8-18(15)21-19(24)14-22-9-11-23(12-10-22)27(25,26)17-7-4-6-16(20)13-17/h4,6-7,13,15,18H,2-3,5,8-12,14H2,1H3,(H,21,24)/t15-,18+/m0/s1. The van der Waals surface area contributed by atoms with Crippen LogP contribution < -0.4 is 5.32 Å². The van der Waals surface area contributed by atoms with Gasteiger partial charge in [-0.3, -0.25) is 9.69 Å². The molecule has 1 aliphatic heterocycles. The fourth-order valence-corrected chi connectivity index (χ4v) is 5.34. The summed E-state index contributed by atoms with van der Waals surface area (Å²) in [4.78, 5) is 14.3. The Bertz CT molecular complexity index is 763. The summed E-state index contributed by atoms with van der Waals surface area (Å²) in [6.45, 7) is 4.04. The first kappa shape index (κ1) is 20.2. The van der Waals surface area contributed by atoms with Crippen LogP contribution in [0, 0.1) is 11.7 Å². The number of nitrogens with one attached hydrogen (secondary N) is 1. The SMILES string of the molecule is C[C@H]1CCCC[C@H]1NC(=O)CN1CCN(S(=O)(=O)c2cccc(F)c2)CC1. The summed E-state index contributed by atoms with van der Waals surface area (Å²) in [6.07, 6.45) is 4.58. The third-order valence-electron chi connectivity index (χ3n) is 5.59. The molecule has 1 aromatic rings. The Labute approximate surface area is 160 Å². The highest BCUT2D eigenvalue weighted by Gasteiger charge is 2.30. The molecule has 0 spiro atoms. The van der Waals surface area contributed by atoms with E-state index in [0.29, 0.717) is 32.1 Å². The predicted octanol–water partition coefficient (Wildman–Crippen LogP) is 1.83. The molecule has 27 heavy (non-hydrogen) atoms. The van der Waals surface area contributed by atoms with Gasteiger partial charge in [0.15, 0.2) is 0 Å². The molecule has 1 aliphatic carbocycles. The van der Waals surface area contributed by atoms with Crippen molar-refractivity contribution < 1.29 is 17.6 Å². The average Bonchev–Trinajstić information content (AvgIpc) is 2.64. The molecule has 150 valence electrons. The summed E-state index contributed by atoms with van der Waals surface area (Å²) < 4.78 is 40.0. The molecular weight excluding hydrogens is 369 g/mol. The second-order valence-electron chi connectivity index (χ2n) is 7.57. The fraction of sp³-hybridized carbons (Fsp3) is 0.632. The largest absolute Gasteiger partial charge is 0.352 e. The highest BCUT2D eigenvalue weighted by atomic mass is 32.2. The maximum Gasteiger partial charge on any atom is 0.243 e. The van der Waals surface area contributed by atoms with Crippen LogP contribution in [0.25, 0.3) is 0 Å². The van der Waals surface area contributed by atoms with Crippen LogP contribution >= 0.6 is 0 Å². The second kappa shape index (κ2) is 8.67. The van der Waals surface area contributed by atoms with Gasteiger partial charge in [-0.25, -0.2) is 12.8 Å². The zero-order valence-electron chi connectivity index (χ0n) is 15.7. The van der Waals surface area contributed by atoms with E-state index in [0.717, 1.165) is 25.3 Å². The summed E-state index contributed by atoms with van der Waals surface area (Å²) in [6, 6.07) is 5.32. The van der Waals surface area contributed by atoms with Crippen LogP contribution in [-0.2, 0) is 14.8 Å². The van der Waals surface area contributed by atoms with E-state index < -0.39 is 15.8 Å². The van der Waals surface area contributed by atoms with Crippen LogP contribution in [0.2, 0.25) is 0 Å². The quantitative estimate of drug-likeness (QED) is 0.823. The first-order valence-corrected chi connectivity index (χ1v) is 11.1. The minimum Gasteiger partial charge on any atom is -0.352 e. The molecule has 1 saturated carbocycles. The number of halogens is 1. The van der Waals surface area contributed by atoms with Crippen LogP contribution in [0.15, 0.2) is 29.2 Å². The maximum absolute atomic E-state index is 13.4. The Balaban J connectivity index is 1.50. The lowest BCUT2D eigenvalue weighted by molar-refractivity contribution is -0.123. The molecule has 8 heteroatoms. The van der Waals surface area contributed by atoms with Crippen molar-refractivity contribution in [2.45, 2.75) is 43.5 Å². The van der Waals surface area contributed by atoms with Crippen LogP contribution in [0.1, 0.15) is 32.6 Å². The summed E-state index contributed by atoms with van der Waals surface area (Å²) >= 11 is 0. The molecule has 3 rings (SSSR count). The zero-order valence-corrected chi connectivity index (χ0v) is 16.5.